The van der Waals surface area contributed by atoms with Gasteiger partial charge in [0.25, 0.3) is 0 Å². The topological polar surface area (TPSA) is 93.9 Å². The third-order valence-electron chi connectivity index (χ3n) is 2.39. The molecule has 0 aliphatic carbocycles. The second-order valence-electron chi connectivity index (χ2n) is 4.29. The van der Waals surface area contributed by atoms with Crippen molar-refractivity contribution in [2.75, 3.05) is 12.4 Å². The fraction of sp³-hybridized carbons (Fsp3) is 0.727. The minimum Gasteiger partial charge on any atom is -0.465 e. The SMILES string of the molecule is CCOC(=O)C(C)(N)CCCSc1n[nH]c(C)n1. The van der Waals surface area contributed by atoms with E-state index in [1.807, 2.05) is 6.92 Å². The molecule has 1 aromatic rings. The average Bonchev–Trinajstić information content (AvgIpc) is 2.71. The minimum atomic E-state index is -0.911. The van der Waals surface area contributed by atoms with Crippen molar-refractivity contribution < 1.29 is 9.53 Å². The van der Waals surface area contributed by atoms with Crippen LogP contribution >= 0.6 is 11.8 Å². The van der Waals surface area contributed by atoms with Crippen LogP contribution in [0, 0.1) is 6.92 Å². The van der Waals surface area contributed by atoms with E-state index in [-0.39, 0.29) is 5.97 Å². The molecule has 0 spiro atoms. The molecule has 3 N–H and O–H groups in total. The highest BCUT2D eigenvalue weighted by molar-refractivity contribution is 7.99. The molecule has 102 valence electrons. The number of carbonyl (C=O) groups excluding carboxylic acids is 1. The Morgan fingerprint density at radius 2 is 2.33 bits per heavy atom. The first-order chi connectivity index (χ1) is 8.45. The van der Waals surface area contributed by atoms with E-state index in [4.69, 9.17) is 10.5 Å². The summed E-state index contributed by atoms with van der Waals surface area (Å²) in [5.74, 6) is 1.28. The second-order valence-corrected chi connectivity index (χ2v) is 5.36. The van der Waals surface area contributed by atoms with Gasteiger partial charge in [-0.25, -0.2) is 4.98 Å². The molecule has 1 aromatic heterocycles. The number of esters is 1. The summed E-state index contributed by atoms with van der Waals surface area (Å²) in [7, 11) is 0. The van der Waals surface area contributed by atoms with Crippen molar-refractivity contribution in [2.45, 2.75) is 44.3 Å². The van der Waals surface area contributed by atoms with E-state index < -0.39 is 5.54 Å². The molecular formula is C11H20N4O2S. The van der Waals surface area contributed by atoms with E-state index in [0.29, 0.717) is 13.0 Å². The van der Waals surface area contributed by atoms with E-state index in [1.165, 1.54) is 0 Å². The van der Waals surface area contributed by atoms with Gasteiger partial charge in [-0.1, -0.05) is 11.8 Å². The largest absolute Gasteiger partial charge is 0.465 e. The van der Waals surface area contributed by atoms with Gasteiger partial charge in [-0.05, 0) is 33.6 Å². The Hall–Kier alpha value is -1.08. The molecule has 1 heterocycles. The number of aromatic nitrogens is 3. The van der Waals surface area contributed by atoms with Gasteiger partial charge in [-0.2, -0.15) is 0 Å². The Balaban J connectivity index is 2.26. The lowest BCUT2D eigenvalue weighted by molar-refractivity contribution is -0.149. The summed E-state index contributed by atoms with van der Waals surface area (Å²) in [6.45, 7) is 5.69. The summed E-state index contributed by atoms with van der Waals surface area (Å²) in [5, 5.41) is 7.52. The van der Waals surface area contributed by atoms with Crippen LogP contribution in [0.15, 0.2) is 5.16 Å². The molecule has 1 atom stereocenters. The highest BCUT2D eigenvalue weighted by Crippen LogP contribution is 2.18. The van der Waals surface area contributed by atoms with Crippen LogP contribution in [0.2, 0.25) is 0 Å². The minimum absolute atomic E-state index is 0.344. The first-order valence-electron chi connectivity index (χ1n) is 5.93. The summed E-state index contributed by atoms with van der Waals surface area (Å²) in [5.41, 5.74) is 5.00. The van der Waals surface area contributed by atoms with Gasteiger partial charge in [0, 0.05) is 5.75 Å². The lowest BCUT2D eigenvalue weighted by Crippen LogP contribution is -2.46. The number of carbonyl (C=O) groups is 1. The molecule has 1 unspecified atom stereocenters. The quantitative estimate of drug-likeness (QED) is 0.441. The number of nitrogens with one attached hydrogen (secondary N) is 1. The number of nitrogens with zero attached hydrogens (tertiary/aromatic N) is 2. The summed E-state index contributed by atoms with van der Waals surface area (Å²) >= 11 is 1.55. The number of H-pyrrole nitrogens is 1. The van der Waals surface area contributed by atoms with Crippen molar-refractivity contribution in [3.63, 3.8) is 0 Å². The van der Waals surface area contributed by atoms with Crippen molar-refractivity contribution in [2.24, 2.45) is 5.73 Å². The normalized spacial score (nSPS) is 14.2. The van der Waals surface area contributed by atoms with E-state index in [2.05, 4.69) is 15.2 Å². The van der Waals surface area contributed by atoms with E-state index >= 15 is 0 Å². The summed E-state index contributed by atoms with van der Waals surface area (Å²) in [4.78, 5) is 15.7. The maximum absolute atomic E-state index is 11.5. The van der Waals surface area contributed by atoms with Crippen molar-refractivity contribution in [1.29, 1.82) is 0 Å². The molecule has 0 bridgehead atoms. The molecule has 0 fully saturated rings. The standard InChI is InChI=1S/C11H20N4O2S/c1-4-17-9(16)11(3,12)6-5-7-18-10-13-8(2)14-15-10/h4-7,12H2,1-3H3,(H,13,14,15). The van der Waals surface area contributed by atoms with Gasteiger partial charge in [-0.3, -0.25) is 9.89 Å². The van der Waals surface area contributed by atoms with Crippen molar-refractivity contribution in [1.82, 2.24) is 15.2 Å². The molecule has 6 nitrogen and oxygen atoms in total. The number of hydrogen-bond acceptors (Lipinski definition) is 6. The number of ether oxygens (including phenoxy) is 1. The molecule has 7 heteroatoms. The molecular weight excluding hydrogens is 252 g/mol. The maximum Gasteiger partial charge on any atom is 0.325 e. The zero-order chi connectivity index (χ0) is 13.6. The summed E-state index contributed by atoms with van der Waals surface area (Å²) < 4.78 is 4.92. The summed E-state index contributed by atoms with van der Waals surface area (Å²) in [6.07, 6.45) is 1.40. The van der Waals surface area contributed by atoms with Crippen molar-refractivity contribution in [3.8, 4) is 0 Å². The Morgan fingerprint density at radius 3 is 2.89 bits per heavy atom. The third kappa shape index (κ3) is 4.66. The third-order valence-corrected chi connectivity index (χ3v) is 3.32. The highest BCUT2D eigenvalue weighted by atomic mass is 32.2. The Morgan fingerprint density at radius 1 is 1.61 bits per heavy atom. The van der Waals surface area contributed by atoms with Crippen molar-refractivity contribution >= 4 is 17.7 Å². The van der Waals surface area contributed by atoms with Crippen LogP contribution in [0.1, 0.15) is 32.5 Å². The van der Waals surface area contributed by atoms with E-state index in [9.17, 15) is 4.79 Å². The van der Waals surface area contributed by atoms with Gasteiger partial charge >= 0.3 is 5.97 Å². The summed E-state index contributed by atoms with van der Waals surface area (Å²) in [6, 6.07) is 0. The average molecular weight is 272 g/mol. The predicted molar refractivity (Wildman–Crippen MR) is 70.3 cm³/mol. The molecule has 0 saturated heterocycles. The van der Waals surface area contributed by atoms with Crippen LogP contribution in [0.25, 0.3) is 0 Å². The smallest absolute Gasteiger partial charge is 0.325 e. The molecule has 0 aliphatic heterocycles. The fourth-order valence-electron chi connectivity index (χ4n) is 1.39. The number of aromatic amines is 1. The zero-order valence-corrected chi connectivity index (χ0v) is 11.8. The molecule has 0 saturated carbocycles. The van der Waals surface area contributed by atoms with E-state index in [0.717, 1.165) is 23.2 Å². The van der Waals surface area contributed by atoms with E-state index in [1.54, 1.807) is 25.6 Å². The Bertz CT molecular complexity index is 392. The zero-order valence-electron chi connectivity index (χ0n) is 11.0. The van der Waals surface area contributed by atoms with Crippen LogP contribution in [-0.2, 0) is 9.53 Å². The fourth-order valence-corrected chi connectivity index (χ4v) is 2.17. The number of thioether (sulfide) groups is 1. The lowest BCUT2D eigenvalue weighted by atomic mass is 9.98. The van der Waals surface area contributed by atoms with Crippen molar-refractivity contribution in [3.05, 3.63) is 5.82 Å². The number of rotatable bonds is 7. The molecule has 18 heavy (non-hydrogen) atoms. The number of nitrogens with two attached hydrogens (primary N) is 1. The van der Waals surface area contributed by atoms with Crippen LogP contribution < -0.4 is 5.73 Å². The van der Waals surface area contributed by atoms with Gasteiger partial charge in [0.2, 0.25) is 5.16 Å². The van der Waals surface area contributed by atoms with Gasteiger partial charge in [0.1, 0.15) is 11.4 Å². The maximum atomic E-state index is 11.5. The van der Waals surface area contributed by atoms with Crippen LogP contribution in [0.3, 0.4) is 0 Å². The lowest BCUT2D eigenvalue weighted by Gasteiger charge is -2.21. The number of aryl methyl sites for hydroxylation is 1. The van der Waals surface area contributed by atoms with Crippen LogP contribution in [0.5, 0.6) is 0 Å². The van der Waals surface area contributed by atoms with Gasteiger partial charge in [0.05, 0.1) is 6.61 Å². The molecule has 0 aromatic carbocycles. The first-order valence-corrected chi connectivity index (χ1v) is 6.92. The van der Waals surface area contributed by atoms with Crippen LogP contribution in [0.4, 0.5) is 0 Å². The van der Waals surface area contributed by atoms with Gasteiger partial charge < -0.3 is 10.5 Å². The molecule has 1 rings (SSSR count). The predicted octanol–water partition coefficient (Wildman–Crippen LogP) is 1.27. The Labute approximate surface area is 111 Å². The monoisotopic (exact) mass is 272 g/mol. The molecule has 0 radical (unpaired) electrons. The van der Waals surface area contributed by atoms with Gasteiger partial charge in [-0.15, -0.1) is 5.10 Å². The first kappa shape index (κ1) is 15.0. The number of hydrogen-bond donors (Lipinski definition) is 2. The molecule has 0 aliphatic rings. The highest BCUT2D eigenvalue weighted by Gasteiger charge is 2.29. The molecule has 0 amide bonds. The van der Waals surface area contributed by atoms with Crippen LogP contribution in [-0.4, -0.2) is 39.0 Å². The second kappa shape index (κ2) is 6.75. The Kier molecular flexibility index (Phi) is 5.61. The van der Waals surface area contributed by atoms with Gasteiger partial charge in [0.15, 0.2) is 0 Å².